The number of aromatic nitrogens is 4. The number of fused-ring (bicyclic) bond motifs is 1. The first-order valence-corrected chi connectivity index (χ1v) is 8.23. The van der Waals surface area contributed by atoms with Gasteiger partial charge in [-0.1, -0.05) is 29.5 Å². The second-order valence-electron chi connectivity index (χ2n) is 4.92. The van der Waals surface area contributed by atoms with Crippen LogP contribution in [0.3, 0.4) is 0 Å². The van der Waals surface area contributed by atoms with Crippen molar-refractivity contribution in [3.63, 3.8) is 0 Å². The number of hydrogen-bond acceptors (Lipinski definition) is 6. The molecule has 1 aromatic carbocycles. The van der Waals surface area contributed by atoms with Gasteiger partial charge in [-0.2, -0.15) is 9.61 Å². The summed E-state index contributed by atoms with van der Waals surface area (Å²) in [5.41, 5.74) is 0. The highest BCUT2D eigenvalue weighted by molar-refractivity contribution is 7.16. The van der Waals surface area contributed by atoms with E-state index in [1.807, 2.05) is 30.3 Å². The van der Waals surface area contributed by atoms with E-state index in [4.69, 9.17) is 4.74 Å². The summed E-state index contributed by atoms with van der Waals surface area (Å²) >= 11 is 1.48. The Labute approximate surface area is 137 Å². The van der Waals surface area contributed by atoms with Gasteiger partial charge in [0.1, 0.15) is 17.1 Å². The van der Waals surface area contributed by atoms with Gasteiger partial charge < -0.3 is 10.1 Å². The van der Waals surface area contributed by atoms with E-state index in [0.29, 0.717) is 32.4 Å². The number of nitrogens with zero attached hydrogens (tertiary/aromatic N) is 4. The minimum absolute atomic E-state index is 0.0321. The predicted molar refractivity (Wildman–Crippen MR) is 86.5 cm³/mol. The molecule has 0 bridgehead atoms. The van der Waals surface area contributed by atoms with Crippen molar-refractivity contribution in [2.24, 2.45) is 0 Å². The van der Waals surface area contributed by atoms with E-state index in [1.54, 1.807) is 10.8 Å². The molecule has 0 unspecified atom stereocenters. The lowest BCUT2D eigenvalue weighted by Crippen LogP contribution is -2.25. The van der Waals surface area contributed by atoms with Gasteiger partial charge in [-0.25, -0.2) is 0 Å². The highest BCUT2D eigenvalue weighted by Gasteiger charge is 2.06. The molecule has 0 fully saturated rings. The molecule has 3 rings (SSSR count). The number of carbonyl (C=O) groups excluding carboxylic acids is 1. The van der Waals surface area contributed by atoms with Crippen LogP contribution in [0.4, 0.5) is 0 Å². The van der Waals surface area contributed by atoms with Gasteiger partial charge in [0.2, 0.25) is 10.9 Å². The van der Waals surface area contributed by atoms with E-state index in [9.17, 15) is 4.79 Å². The minimum Gasteiger partial charge on any atom is -0.494 e. The topological polar surface area (TPSA) is 81.4 Å². The monoisotopic (exact) mass is 331 g/mol. The third-order valence-corrected chi connectivity index (χ3v) is 4.12. The highest BCUT2D eigenvalue weighted by atomic mass is 32.1. The largest absolute Gasteiger partial charge is 0.494 e. The summed E-state index contributed by atoms with van der Waals surface area (Å²) < 4.78 is 7.19. The zero-order chi connectivity index (χ0) is 15.9. The predicted octanol–water partition coefficient (Wildman–Crippen LogP) is 1.70. The van der Waals surface area contributed by atoms with E-state index < -0.39 is 0 Å². The van der Waals surface area contributed by atoms with E-state index in [-0.39, 0.29) is 5.91 Å². The number of carbonyl (C=O) groups is 1. The number of ether oxygens (including phenoxy) is 1. The Morgan fingerprint density at radius 1 is 1.30 bits per heavy atom. The standard InChI is InChI=1S/C15H17N5O2S/c21-13(7-4-10-22-12-5-2-1-3-6-12)16-9-8-14-19-20-11-17-18-15(20)23-14/h1-3,5-6,11H,4,7-10H2,(H,16,21). The Morgan fingerprint density at radius 2 is 2.17 bits per heavy atom. The first-order chi connectivity index (χ1) is 11.3. The minimum atomic E-state index is 0.0321. The second-order valence-corrected chi connectivity index (χ2v) is 5.96. The molecular formula is C15H17N5O2S. The number of hydrogen-bond donors (Lipinski definition) is 1. The summed E-state index contributed by atoms with van der Waals surface area (Å²) in [4.78, 5) is 12.5. The fourth-order valence-corrected chi connectivity index (χ4v) is 2.85. The van der Waals surface area contributed by atoms with Crippen LogP contribution in [0, 0.1) is 0 Å². The number of amides is 1. The molecule has 23 heavy (non-hydrogen) atoms. The number of benzene rings is 1. The molecule has 1 N–H and O–H groups in total. The molecule has 8 heteroatoms. The van der Waals surface area contributed by atoms with Crippen molar-refractivity contribution in [3.8, 4) is 5.75 Å². The Balaban J connectivity index is 1.30. The van der Waals surface area contributed by atoms with Gasteiger partial charge in [-0.3, -0.25) is 4.79 Å². The molecule has 7 nitrogen and oxygen atoms in total. The van der Waals surface area contributed by atoms with Gasteiger partial charge in [-0.15, -0.1) is 10.2 Å². The van der Waals surface area contributed by atoms with Crippen molar-refractivity contribution >= 4 is 22.2 Å². The molecule has 1 amide bonds. The summed E-state index contributed by atoms with van der Waals surface area (Å²) in [6, 6.07) is 9.60. The van der Waals surface area contributed by atoms with E-state index in [2.05, 4.69) is 20.6 Å². The summed E-state index contributed by atoms with van der Waals surface area (Å²) in [5.74, 6) is 0.862. The van der Waals surface area contributed by atoms with E-state index in [1.165, 1.54) is 11.3 Å². The van der Waals surface area contributed by atoms with Crippen LogP contribution >= 0.6 is 11.3 Å². The Kier molecular flexibility index (Phi) is 5.15. The Bertz CT molecular complexity index is 727. The SMILES string of the molecule is O=C(CCCOc1ccccc1)NCCc1nn2cnnc2s1. The maximum absolute atomic E-state index is 11.8. The highest BCUT2D eigenvalue weighted by Crippen LogP contribution is 2.11. The lowest BCUT2D eigenvalue weighted by molar-refractivity contribution is -0.121. The maximum atomic E-state index is 11.8. The maximum Gasteiger partial charge on any atom is 0.234 e. The smallest absolute Gasteiger partial charge is 0.234 e. The zero-order valence-corrected chi connectivity index (χ0v) is 13.3. The molecule has 120 valence electrons. The van der Waals surface area contributed by atoms with Crippen LogP contribution in [0.2, 0.25) is 0 Å². The van der Waals surface area contributed by atoms with E-state index in [0.717, 1.165) is 15.7 Å². The zero-order valence-electron chi connectivity index (χ0n) is 12.5. The van der Waals surface area contributed by atoms with Crippen LogP contribution in [0.15, 0.2) is 36.7 Å². The van der Waals surface area contributed by atoms with Crippen LogP contribution in [-0.4, -0.2) is 38.9 Å². The average molecular weight is 331 g/mol. The van der Waals surface area contributed by atoms with E-state index >= 15 is 0 Å². The van der Waals surface area contributed by atoms with Gasteiger partial charge in [0, 0.05) is 19.4 Å². The molecule has 2 heterocycles. The van der Waals surface area contributed by atoms with Gasteiger partial charge in [0.05, 0.1) is 6.61 Å². The summed E-state index contributed by atoms with van der Waals surface area (Å²) in [6.07, 6.45) is 3.41. The molecule has 0 saturated carbocycles. The van der Waals surface area contributed by atoms with Crippen LogP contribution < -0.4 is 10.1 Å². The molecule has 0 aliphatic heterocycles. The molecule has 0 aliphatic rings. The molecule has 0 saturated heterocycles. The van der Waals surface area contributed by atoms with Gasteiger partial charge in [0.25, 0.3) is 0 Å². The molecule has 3 aromatic rings. The fraction of sp³-hybridized carbons (Fsp3) is 0.333. The average Bonchev–Trinajstić information content (AvgIpc) is 3.14. The van der Waals surface area contributed by atoms with Crippen LogP contribution in [-0.2, 0) is 11.2 Å². The Hall–Kier alpha value is -2.48. The Morgan fingerprint density at radius 3 is 3.00 bits per heavy atom. The number of rotatable bonds is 8. The third kappa shape index (κ3) is 4.49. The lowest BCUT2D eigenvalue weighted by atomic mass is 10.3. The summed E-state index contributed by atoms with van der Waals surface area (Å²) in [6.45, 7) is 1.11. The summed E-state index contributed by atoms with van der Waals surface area (Å²) in [7, 11) is 0. The van der Waals surface area contributed by atoms with Gasteiger partial charge >= 0.3 is 0 Å². The van der Waals surface area contributed by atoms with Crippen molar-refractivity contribution in [3.05, 3.63) is 41.7 Å². The fourth-order valence-electron chi connectivity index (χ4n) is 2.04. The molecular weight excluding hydrogens is 314 g/mol. The van der Waals surface area contributed by atoms with Crippen molar-refractivity contribution < 1.29 is 9.53 Å². The van der Waals surface area contributed by atoms with Crippen molar-refractivity contribution in [1.82, 2.24) is 25.1 Å². The second kappa shape index (κ2) is 7.68. The molecule has 2 aromatic heterocycles. The first-order valence-electron chi connectivity index (χ1n) is 7.41. The van der Waals surface area contributed by atoms with Crippen molar-refractivity contribution in [1.29, 1.82) is 0 Å². The molecule has 0 aliphatic carbocycles. The van der Waals surface area contributed by atoms with Crippen LogP contribution in [0.1, 0.15) is 17.8 Å². The quantitative estimate of drug-likeness (QED) is 0.635. The number of nitrogens with one attached hydrogen (secondary N) is 1. The normalized spacial score (nSPS) is 10.8. The van der Waals surface area contributed by atoms with Crippen molar-refractivity contribution in [2.45, 2.75) is 19.3 Å². The molecule has 0 radical (unpaired) electrons. The van der Waals surface area contributed by atoms with Crippen molar-refractivity contribution in [2.75, 3.05) is 13.2 Å². The van der Waals surface area contributed by atoms with Crippen LogP contribution in [0.5, 0.6) is 5.75 Å². The van der Waals surface area contributed by atoms with Gasteiger partial charge in [0.15, 0.2) is 0 Å². The lowest BCUT2D eigenvalue weighted by Gasteiger charge is -2.06. The van der Waals surface area contributed by atoms with Gasteiger partial charge in [-0.05, 0) is 18.6 Å². The molecule has 0 spiro atoms. The number of para-hydroxylation sites is 1. The molecule has 0 atom stereocenters. The first kappa shape index (κ1) is 15.4. The third-order valence-electron chi connectivity index (χ3n) is 3.15. The van der Waals surface area contributed by atoms with Crippen LogP contribution in [0.25, 0.3) is 4.96 Å². The summed E-state index contributed by atoms with van der Waals surface area (Å²) in [5, 5.41) is 15.8.